The zero-order valence-electron chi connectivity index (χ0n) is 19.8. The number of amides is 1. The van der Waals surface area contributed by atoms with Crippen molar-refractivity contribution in [2.75, 3.05) is 6.54 Å². The van der Waals surface area contributed by atoms with E-state index in [1.165, 1.54) is 29.2 Å². The number of halogens is 1. The second kappa shape index (κ2) is 9.87. The van der Waals surface area contributed by atoms with Crippen LogP contribution >= 0.6 is 0 Å². The molecule has 1 aliphatic heterocycles. The number of rotatable bonds is 5. The Balaban J connectivity index is 1.49. The lowest BCUT2D eigenvalue weighted by atomic mass is 9.97. The number of nitrogens with zero attached hydrogens (tertiary/aromatic N) is 3. The van der Waals surface area contributed by atoms with E-state index in [9.17, 15) is 19.1 Å². The van der Waals surface area contributed by atoms with Gasteiger partial charge in [0.2, 0.25) is 0 Å². The van der Waals surface area contributed by atoms with Gasteiger partial charge in [-0.25, -0.2) is 9.37 Å². The molecule has 4 aromatic rings. The molecule has 3 aromatic carbocycles. The van der Waals surface area contributed by atoms with Crippen LogP contribution in [-0.4, -0.2) is 32.0 Å². The number of aliphatic hydroxyl groups excluding tert-OH is 1. The monoisotopic (exact) mass is 483 g/mol. The molecule has 0 saturated heterocycles. The zero-order valence-corrected chi connectivity index (χ0v) is 19.8. The minimum absolute atomic E-state index is 0.124. The highest BCUT2D eigenvalue weighted by molar-refractivity contribution is 5.82. The fraction of sp³-hybridized carbons (Fsp3) is 0.207. The molecule has 0 saturated carbocycles. The molecule has 5 rings (SSSR count). The Morgan fingerprint density at radius 2 is 1.50 bits per heavy atom. The smallest absolute Gasteiger partial charge is 0.257 e. The summed E-state index contributed by atoms with van der Waals surface area (Å²) in [6.45, 7) is 2.21. The van der Waals surface area contributed by atoms with Crippen molar-refractivity contribution in [2.24, 2.45) is 0 Å². The van der Waals surface area contributed by atoms with Gasteiger partial charge >= 0.3 is 0 Å². The van der Waals surface area contributed by atoms with Gasteiger partial charge in [0.1, 0.15) is 11.6 Å². The average molecular weight is 484 g/mol. The van der Waals surface area contributed by atoms with Crippen molar-refractivity contribution in [3.05, 3.63) is 135 Å². The van der Waals surface area contributed by atoms with E-state index in [0.717, 1.165) is 11.1 Å². The third-order valence-corrected chi connectivity index (χ3v) is 6.66. The maximum absolute atomic E-state index is 13.8. The lowest BCUT2D eigenvalue weighted by Gasteiger charge is -2.31. The molecule has 1 atom stereocenters. The fourth-order valence-electron chi connectivity index (χ4n) is 4.84. The minimum atomic E-state index is -1.41. The lowest BCUT2D eigenvalue weighted by Crippen LogP contribution is -2.43. The molecule has 7 heteroatoms. The van der Waals surface area contributed by atoms with Crippen molar-refractivity contribution in [1.29, 1.82) is 0 Å². The molecule has 6 nitrogen and oxygen atoms in total. The van der Waals surface area contributed by atoms with Crippen LogP contribution in [0.15, 0.2) is 89.7 Å². The van der Waals surface area contributed by atoms with Crippen LogP contribution in [0.1, 0.15) is 45.9 Å². The largest absolute Gasteiger partial charge is 0.378 e. The zero-order chi connectivity index (χ0) is 25.2. The number of benzene rings is 3. The Morgan fingerprint density at radius 3 is 2.08 bits per heavy atom. The molecular weight excluding hydrogens is 457 g/mol. The van der Waals surface area contributed by atoms with Gasteiger partial charge in [0.05, 0.1) is 18.3 Å². The Hall–Kier alpha value is -4.10. The molecule has 1 aliphatic rings. The quantitative estimate of drug-likeness (QED) is 0.467. The Kier molecular flexibility index (Phi) is 6.48. The van der Waals surface area contributed by atoms with E-state index in [1.807, 2.05) is 60.7 Å². The standard InChI is InChI=1S/C29H26FN3O3/c1-19-31-25-18-32(29(36)27(34)22-12-14-23(30)15-13-22)17-16-24(25)28(35)33(19)26(20-8-4-2-5-9-20)21-10-6-3-7-11-21/h2-15,26-27,34H,16-18H2,1H3. The van der Waals surface area contributed by atoms with Gasteiger partial charge in [-0.3, -0.25) is 14.2 Å². The number of hydrogen-bond donors (Lipinski definition) is 1. The van der Waals surface area contributed by atoms with Gasteiger partial charge in [0.25, 0.3) is 11.5 Å². The van der Waals surface area contributed by atoms with Crippen molar-refractivity contribution in [3.63, 3.8) is 0 Å². The Labute approximate surface area is 208 Å². The molecule has 0 radical (unpaired) electrons. The topological polar surface area (TPSA) is 75.4 Å². The number of carbonyl (C=O) groups excluding carboxylic acids is 1. The van der Waals surface area contributed by atoms with Crippen LogP contribution in [0.5, 0.6) is 0 Å². The molecule has 0 aliphatic carbocycles. The van der Waals surface area contributed by atoms with Crippen LogP contribution in [0.2, 0.25) is 0 Å². The molecule has 36 heavy (non-hydrogen) atoms. The Morgan fingerprint density at radius 1 is 0.917 bits per heavy atom. The molecule has 0 fully saturated rings. The van der Waals surface area contributed by atoms with Gasteiger partial charge < -0.3 is 10.0 Å². The molecule has 1 unspecified atom stereocenters. The summed E-state index contributed by atoms with van der Waals surface area (Å²) in [7, 11) is 0. The van der Waals surface area contributed by atoms with Gasteiger partial charge in [-0.1, -0.05) is 72.8 Å². The first-order valence-electron chi connectivity index (χ1n) is 11.9. The number of aromatic nitrogens is 2. The molecule has 0 bridgehead atoms. The first-order chi connectivity index (χ1) is 17.4. The normalized spacial score (nSPS) is 13.9. The molecule has 1 aromatic heterocycles. The number of carbonyl (C=O) groups is 1. The van der Waals surface area contributed by atoms with Crippen molar-refractivity contribution >= 4 is 5.91 Å². The highest BCUT2D eigenvalue weighted by Gasteiger charge is 2.31. The van der Waals surface area contributed by atoms with Crippen LogP contribution < -0.4 is 5.56 Å². The van der Waals surface area contributed by atoms with Crippen LogP contribution in [0, 0.1) is 12.7 Å². The maximum atomic E-state index is 13.8. The molecule has 182 valence electrons. The lowest BCUT2D eigenvalue weighted by molar-refractivity contribution is -0.141. The van der Waals surface area contributed by atoms with E-state index in [1.54, 1.807) is 11.5 Å². The van der Waals surface area contributed by atoms with Gasteiger partial charge in [-0.15, -0.1) is 0 Å². The summed E-state index contributed by atoms with van der Waals surface area (Å²) in [4.78, 5) is 33.1. The number of fused-ring (bicyclic) bond motifs is 1. The van der Waals surface area contributed by atoms with Gasteiger partial charge in [-0.05, 0) is 42.2 Å². The Bertz CT molecular complexity index is 1400. The van der Waals surface area contributed by atoms with Crippen molar-refractivity contribution in [3.8, 4) is 0 Å². The summed E-state index contributed by atoms with van der Waals surface area (Å²) in [5.41, 5.74) is 3.27. The van der Waals surface area contributed by atoms with Crippen LogP contribution in [0.3, 0.4) is 0 Å². The third-order valence-electron chi connectivity index (χ3n) is 6.66. The number of aryl methyl sites for hydroxylation is 1. The first kappa shape index (κ1) is 23.6. The van der Waals surface area contributed by atoms with Crippen LogP contribution in [0.25, 0.3) is 0 Å². The second-order valence-electron chi connectivity index (χ2n) is 8.95. The summed E-state index contributed by atoms with van der Waals surface area (Å²) in [5.74, 6) is -0.391. The summed E-state index contributed by atoms with van der Waals surface area (Å²) >= 11 is 0. The van der Waals surface area contributed by atoms with E-state index in [0.29, 0.717) is 29.1 Å². The van der Waals surface area contributed by atoms with Crippen molar-refractivity contribution in [2.45, 2.75) is 32.0 Å². The minimum Gasteiger partial charge on any atom is -0.378 e. The molecular formula is C29H26FN3O3. The van der Waals surface area contributed by atoms with Crippen molar-refractivity contribution < 1.29 is 14.3 Å². The predicted octanol–water partition coefficient (Wildman–Crippen LogP) is 3.95. The first-order valence-corrected chi connectivity index (χ1v) is 11.9. The molecule has 1 amide bonds. The highest BCUT2D eigenvalue weighted by atomic mass is 19.1. The van der Waals surface area contributed by atoms with E-state index in [2.05, 4.69) is 0 Å². The van der Waals surface area contributed by atoms with E-state index >= 15 is 0 Å². The average Bonchev–Trinajstić information content (AvgIpc) is 2.91. The van der Waals surface area contributed by atoms with Crippen molar-refractivity contribution in [1.82, 2.24) is 14.5 Å². The number of aliphatic hydroxyl groups is 1. The summed E-state index contributed by atoms with van der Waals surface area (Å²) in [6.07, 6.45) is -1.08. The fourth-order valence-corrected chi connectivity index (χ4v) is 4.84. The highest BCUT2D eigenvalue weighted by Crippen LogP contribution is 2.28. The van der Waals surface area contributed by atoms with Gasteiger partial charge in [-0.2, -0.15) is 0 Å². The second-order valence-corrected chi connectivity index (χ2v) is 8.95. The summed E-state index contributed by atoms with van der Waals surface area (Å²) in [6, 6.07) is 24.6. The number of hydrogen-bond acceptors (Lipinski definition) is 4. The van der Waals surface area contributed by atoms with E-state index in [-0.39, 0.29) is 24.7 Å². The van der Waals surface area contributed by atoms with Crippen LogP contribution in [0.4, 0.5) is 4.39 Å². The summed E-state index contributed by atoms with van der Waals surface area (Å²) < 4.78 is 15.0. The molecule has 0 spiro atoms. The van der Waals surface area contributed by atoms with Crippen LogP contribution in [-0.2, 0) is 17.8 Å². The van der Waals surface area contributed by atoms with E-state index in [4.69, 9.17) is 4.98 Å². The molecule has 1 N–H and O–H groups in total. The van der Waals surface area contributed by atoms with Gasteiger partial charge in [0.15, 0.2) is 6.10 Å². The summed E-state index contributed by atoms with van der Waals surface area (Å²) in [5, 5.41) is 10.6. The molecule has 2 heterocycles. The van der Waals surface area contributed by atoms with E-state index < -0.39 is 17.8 Å². The predicted molar refractivity (Wildman–Crippen MR) is 134 cm³/mol. The third kappa shape index (κ3) is 4.45. The SMILES string of the molecule is Cc1nc2c(c(=O)n1C(c1ccccc1)c1ccccc1)CCN(C(=O)C(O)c1ccc(F)cc1)C2. The van der Waals surface area contributed by atoms with Gasteiger partial charge in [0, 0.05) is 12.1 Å². The maximum Gasteiger partial charge on any atom is 0.257 e.